The van der Waals surface area contributed by atoms with Crippen LogP contribution in [0.2, 0.25) is 5.28 Å². The van der Waals surface area contributed by atoms with Gasteiger partial charge in [0.05, 0.1) is 6.10 Å². The monoisotopic (exact) mass is 297 g/mol. The number of hydrogen-bond acceptors (Lipinski definition) is 6. The number of anilines is 2. The summed E-state index contributed by atoms with van der Waals surface area (Å²) in [6.07, 6.45) is 4.73. The topological polar surface area (TPSA) is 54.4 Å². The number of methoxy groups -OCH3 is 1. The van der Waals surface area contributed by atoms with Crippen LogP contribution in [0, 0.1) is 0 Å². The van der Waals surface area contributed by atoms with Crippen molar-refractivity contribution in [2.75, 3.05) is 43.1 Å². The second-order valence-corrected chi connectivity index (χ2v) is 5.66. The fourth-order valence-electron chi connectivity index (χ4n) is 2.82. The number of aromatic nitrogens is 3. The Hall–Kier alpha value is -1.14. The molecule has 20 heavy (non-hydrogen) atoms. The van der Waals surface area contributed by atoms with Gasteiger partial charge in [0.15, 0.2) is 0 Å². The summed E-state index contributed by atoms with van der Waals surface area (Å²) in [5, 5.41) is 0.283. The zero-order valence-electron chi connectivity index (χ0n) is 11.8. The summed E-state index contributed by atoms with van der Waals surface area (Å²) in [6.45, 7) is 3.81. The van der Waals surface area contributed by atoms with Crippen LogP contribution in [0.4, 0.5) is 11.9 Å². The Balaban J connectivity index is 1.76. The van der Waals surface area contributed by atoms with Gasteiger partial charge in [0.2, 0.25) is 17.2 Å². The maximum Gasteiger partial charge on any atom is 0.231 e. The molecule has 2 aliphatic rings. The van der Waals surface area contributed by atoms with E-state index < -0.39 is 0 Å². The van der Waals surface area contributed by atoms with Crippen LogP contribution in [0.3, 0.4) is 0 Å². The first kappa shape index (κ1) is 13.8. The summed E-state index contributed by atoms with van der Waals surface area (Å²) in [5.41, 5.74) is 0. The third-order valence-corrected chi connectivity index (χ3v) is 4.20. The molecule has 0 radical (unpaired) electrons. The van der Waals surface area contributed by atoms with Gasteiger partial charge >= 0.3 is 0 Å². The summed E-state index contributed by atoms with van der Waals surface area (Å²) >= 11 is 6.06. The average molecular weight is 298 g/mol. The van der Waals surface area contributed by atoms with Gasteiger partial charge in [-0.15, -0.1) is 0 Å². The molecule has 0 atom stereocenters. The first-order valence-electron chi connectivity index (χ1n) is 7.20. The number of piperidine rings is 1. The highest BCUT2D eigenvalue weighted by atomic mass is 35.5. The second-order valence-electron chi connectivity index (χ2n) is 5.32. The quantitative estimate of drug-likeness (QED) is 0.847. The van der Waals surface area contributed by atoms with Crippen molar-refractivity contribution in [3.8, 4) is 0 Å². The third-order valence-electron chi connectivity index (χ3n) is 4.03. The Morgan fingerprint density at radius 2 is 1.50 bits per heavy atom. The smallest absolute Gasteiger partial charge is 0.231 e. The SMILES string of the molecule is COC1CCN(c2nc(Cl)nc(N3CCCC3)n2)CC1. The minimum absolute atomic E-state index is 0.283. The van der Waals surface area contributed by atoms with Gasteiger partial charge in [-0.25, -0.2) is 0 Å². The van der Waals surface area contributed by atoms with Crippen LogP contribution >= 0.6 is 11.6 Å². The Morgan fingerprint density at radius 1 is 0.950 bits per heavy atom. The van der Waals surface area contributed by atoms with Crippen molar-refractivity contribution in [2.45, 2.75) is 31.8 Å². The predicted molar refractivity (Wildman–Crippen MR) is 78.5 cm³/mol. The number of ether oxygens (including phenoxy) is 1. The summed E-state index contributed by atoms with van der Waals surface area (Å²) in [6, 6.07) is 0. The lowest BCUT2D eigenvalue weighted by molar-refractivity contribution is 0.0816. The molecule has 3 rings (SSSR count). The van der Waals surface area contributed by atoms with Crippen molar-refractivity contribution in [3.63, 3.8) is 0 Å². The molecule has 0 saturated carbocycles. The highest BCUT2D eigenvalue weighted by Crippen LogP contribution is 2.23. The Morgan fingerprint density at radius 3 is 2.05 bits per heavy atom. The van der Waals surface area contributed by atoms with Crippen molar-refractivity contribution in [2.24, 2.45) is 0 Å². The van der Waals surface area contributed by atoms with E-state index >= 15 is 0 Å². The zero-order valence-corrected chi connectivity index (χ0v) is 12.5. The first-order valence-corrected chi connectivity index (χ1v) is 7.58. The van der Waals surface area contributed by atoms with Gasteiger partial charge < -0.3 is 14.5 Å². The molecular formula is C13H20ClN5O. The van der Waals surface area contributed by atoms with Crippen molar-refractivity contribution >= 4 is 23.5 Å². The molecule has 3 heterocycles. The summed E-state index contributed by atoms with van der Waals surface area (Å²) in [4.78, 5) is 17.5. The van der Waals surface area contributed by atoms with E-state index in [1.165, 1.54) is 12.8 Å². The number of nitrogens with zero attached hydrogens (tertiary/aromatic N) is 5. The summed E-state index contributed by atoms with van der Waals surface area (Å²) < 4.78 is 5.39. The van der Waals surface area contributed by atoms with Crippen molar-refractivity contribution < 1.29 is 4.74 Å². The summed E-state index contributed by atoms with van der Waals surface area (Å²) in [7, 11) is 1.77. The maximum absolute atomic E-state index is 6.06. The van der Waals surface area contributed by atoms with Gasteiger partial charge in [-0.1, -0.05) is 0 Å². The van der Waals surface area contributed by atoms with Crippen LogP contribution < -0.4 is 9.80 Å². The second kappa shape index (κ2) is 6.10. The Labute approximate surface area is 124 Å². The molecule has 0 bridgehead atoms. The standard InChI is InChI=1S/C13H20ClN5O/c1-20-10-4-8-19(9-5-10)13-16-11(14)15-12(17-13)18-6-2-3-7-18/h10H,2-9H2,1H3. The molecule has 0 spiro atoms. The zero-order chi connectivity index (χ0) is 13.9. The number of rotatable bonds is 3. The van der Waals surface area contributed by atoms with E-state index in [4.69, 9.17) is 16.3 Å². The molecule has 0 aliphatic carbocycles. The van der Waals surface area contributed by atoms with Gasteiger partial charge in [0.1, 0.15) is 0 Å². The van der Waals surface area contributed by atoms with E-state index in [0.29, 0.717) is 18.0 Å². The molecule has 6 nitrogen and oxygen atoms in total. The van der Waals surface area contributed by atoms with Gasteiger partial charge in [-0.3, -0.25) is 0 Å². The minimum atomic E-state index is 0.283. The highest BCUT2D eigenvalue weighted by molar-refractivity contribution is 6.28. The molecule has 2 saturated heterocycles. The van der Waals surface area contributed by atoms with Crippen LogP contribution in [0.1, 0.15) is 25.7 Å². The molecular weight excluding hydrogens is 278 g/mol. The molecule has 0 unspecified atom stereocenters. The van der Waals surface area contributed by atoms with Gasteiger partial charge in [0, 0.05) is 33.3 Å². The fourth-order valence-corrected chi connectivity index (χ4v) is 2.97. The third kappa shape index (κ3) is 2.96. The van der Waals surface area contributed by atoms with Crippen LogP contribution in [-0.4, -0.2) is 54.3 Å². The normalized spacial score (nSPS) is 20.7. The molecule has 7 heteroatoms. The minimum Gasteiger partial charge on any atom is -0.381 e. The van der Waals surface area contributed by atoms with E-state index in [1.807, 2.05) is 0 Å². The van der Waals surface area contributed by atoms with E-state index in [9.17, 15) is 0 Å². The number of hydrogen-bond donors (Lipinski definition) is 0. The molecule has 2 fully saturated rings. The van der Waals surface area contributed by atoms with Crippen LogP contribution in [-0.2, 0) is 4.74 Å². The van der Waals surface area contributed by atoms with Gasteiger partial charge in [0.25, 0.3) is 0 Å². The first-order chi connectivity index (χ1) is 9.76. The molecule has 110 valence electrons. The molecule has 1 aromatic rings. The van der Waals surface area contributed by atoms with E-state index in [-0.39, 0.29) is 5.28 Å². The van der Waals surface area contributed by atoms with Gasteiger partial charge in [-0.05, 0) is 37.3 Å². The van der Waals surface area contributed by atoms with Crippen LogP contribution in [0.25, 0.3) is 0 Å². The van der Waals surface area contributed by atoms with Crippen molar-refractivity contribution in [1.29, 1.82) is 0 Å². The maximum atomic E-state index is 6.06. The van der Waals surface area contributed by atoms with Crippen molar-refractivity contribution in [3.05, 3.63) is 5.28 Å². The summed E-state index contributed by atoms with van der Waals surface area (Å²) in [5.74, 6) is 1.41. The van der Waals surface area contributed by atoms with Crippen LogP contribution in [0.15, 0.2) is 0 Å². The lowest BCUT2D eigenvalue weighted by atomic mass is 10.1. The molecule has 0 amide bonds. The largest absolute Gasteiger partial charge is 0.381 e. The Kier molecular flexibility index (Phi) is 4.21. The average Bonchev–Trinajstić information content (AvgIpc) is 3.01. The van der Waals surface area contributed by atoms with Gasteiger partial charge in [-0.2, -0.15) is 15.0 Å². The predicted octanol–water partition coefficient (Wildman–Crippen LogP) is 1.74. The van der Waals surface area contributed by atoms with Crippen molar-refractivity contribution in [1.82, 2.24) is 15.0 Å². The molecule has 1 aromatic heterocycles. The van der Waals surface area contributed by atoms with Crippen LogP contribution in [0.5, 0.6) is 0 Å². The highest BCUT2D eigenvalue weighted by Gasteiger charge is 2.23. The lowest BCUT2D eigenvalue weighted by Crippen LogP contribution is -2.38. The lowest BCUT2D eigenvalue weighted by Gasteiger charge is -2.31. The van der Waals surface area contributed by atoms with E-state index in [0.717, 1.165) is 39.0 Å². The molecule has 2 aliphatic heterocycles. The fraction of sp³-hybridized carbons (Fsp3) is 0.769. The Bertz CT molecular complexity index is 458. The molecule has 0 aromatic carbocycles. The molecule has 0 N–H and O–H groups in total. The van der Waals surface area contributed by atoms with E-state index in [1.54, 1.807) is 7.11 Å². The number of halogens is 1. The van der Waals surface area contributed by atoms with E-state index in [2.05, 4.69) is 24.8 Å².